The first kappa shape index (κ1) is 24.5. The average molecular weight is 525 g/mol. The molecule has 2 aromatic carbocycles. The highest BCUT2D eigenvalue weighted by Crippen LogP contribution is 2.47. The Kier molecular flexibility index (Phi) is 6.19. The standard InChI is InChI=1S/C32H36N4O3/c1-39-32(38)22-11-12-24-27(19-22)36-16-6-15-35-20-26(31(37)34-17-13-33-14-18-34)23-9-5-10-25(29(23)35)30(36)28(24)21-7-3-2-4-8-21/h5,9-12,19-21,33H,2-4,6-8,13-18H2,1H3. The monoisotopic (exact) mass is 524 g/mol. The van der Waals surface area contributed by atoms with Gasteiger partial charge in [0, 0.05) is 67.3 Å². The highest BCUT2D eigenvalue weighted by atomic mass is 16.5. The van der Waals surface area contributed by atoms with Gasteiger partial charge in [-0.3, -0.25) is 4.79 Å². The summed E-state index contributed by atoms with van der Waals surface area (Å²) in [5, 5.41) is 5.65. The Morgan fingerprint density at radius 1 is 0.923 bits per heavy atom. The number of amides is 1. The SMILES string of the molecule is COC(=O)c1ccc2c(C3CCCCC3)c3n(c2c1)CCCn1cc(C(=O)N2CCNCC2)c2cccc-3c21. The molecule has 4 aromatic rings. The van der Waals surface area contributed by atoms with E-state index in [4.69, 9.17) is 4.74 Å². The molecular formula is C32H36N4O3. The lowest BCUT2D eigenvalue weighted by atomic mass is 9.81. The quantitative estimate of drug-likeness (QED) is 0.357. The minimum absolute atomic E-state index is 0.132. The Hall–Kier alpha value is -3.58. The van der Waals surface area contributed by atoms with Crippen LogP contribution >= 0.6 is 0 Å². The van der Waals surface area contributed by atoms with E-state index in [0.29, 0.717) is 11.5 Å². The fourth-order valence-electron chi connectivity index (χ4n) is 7.28. The zero-order chi connectivity index (χ0) is 26.5. The lowest BCUT2D eigenvalue weighted by Gasteiger charge is -2.27. The number of ether oxygens (including phenoxy) is 1. The van der Waals surface area contributed by atoms with Crippen LogP contribution in [-0.2, 0) is 17.8 Å². The van der Waals surface area contributed by atoms with E-state index in [0.717, 1.165) is 67.7 Å². The van der Waals surface area contributed by atoms with Gasteiger partial charge in [0.1, 0.15) is 0 Å². The number of esters is 1. The van der Waals surface area contributed by atoms with Crippen LogP contribution in [0.2, 0.25) is 0 Å². The van der Waals surface area contributed by atoms with Crippen LogP contribution in [0.4, 0.5) is 0 Å². The molecule has 7 heteroatoms. The van der Waals surface area contributed by atoms with Crippen molar-refractivity contribution in [2.75, 3.05) is 33.3 Å². The second-order valence-corrected chi connectivity index (χ2v) is 11.3. The minimum Gasteiger partial charge on any atom is -0.465 e. The number of carbonyl (C=O) groups excluding carboxylic acids is 2. The molecule has 0 atom stereocenters. The number of carbonyl (C=O) groups is 2. The lowest BCUT2D eigenvalue weighted by Crippen LogP contribution is -2.46. The fourth-order valence-corrected chi connectivity index (χ4v) is 7.28. The molecule has 1 N–H and O–H groups in total. The van der Waals surface area contributed by atoms with Crippen molar-refractivity contribution in [1.29, 1.82) is 0 Å². The van der Waals surface area contributed by atoms with E-state index < -0.39 is 0 Å². The van der Waals surface area contributed by atoms with Gasteiger partial charge in [0.15, 0.2) is 0 Å². The van der Waals surface area contributed by atoms with Crippen LogP contribution in [0, 0.1) is 0 Å². The maximum absolute atomic E-state index is 13.7. The van der Waals surface area contributed by atoms with Crippen molar-refractivity contribution in [3.63, 3.8) is 0 Å². The van der Waals surface area contributed by atoms with Crippen molar-refractivity contribution in [2.24, 2.45) is 0 Å². The smallest absolute Gasteiger partial charge is 0.337 e. The number of hydrogen-bond acceptors (Lipinski definition) is 4. The summed E-state index contributed by atoms with van der Waals surface area (Å²) in [5.41, 5.74) is 7.55. The number of methoxy groups -OCH3 is 1. The van der Waals surface area contributed by atoms with Gasteiger partial charge in [-0.2, -0.15) is 0 Å². The Bertz CT molecular complexity index is 1580. The summed E-state index contributed by atoms with van der Waals surface area (Å²) in [6.45, 7) is 4.87. The number of fused-ring (bicyclic) bond motifs is 4. The fraction of sp³-hybridized carbons (Fsp3) is 0.438. The molecule has 0 radical (unpaired) electrons. The van der Waals surface area contributed by atoms with E-state index in [1.54, 1.807) is 0 Å². The third kappa shape index (κ3) is 3.97. The van der Waals surface area contributed by atoms with Crippen molar-refractivity contribution >= 4 is 33.7 Å². The zero-order valence-electron chi connectivity index (χ0n) is 22.7. The summed E-state index contributed by atoms with van der Waals surface area (Å²) < 4.78 is 9.85. The van der Waals surface area contributed by atoms with Crippen LogP contribution in [0.15, 0.2) is 42.6 Å². The van der Waals surface area contributed by atoms with E-state index in [2.05, 4.69) is 44.9 Å². The normalized spacial score (nSPS) is 18.1. The second kappa shape index (κ2) is 9.87. The highest BCUT2D eigenvalue weighted by Gasteiger charge is 2.31. The van der Waals surface area contributed by atoms with E-state index in [1.165, 1.54) is 61.4 Å². The number of para-hydroxylation sites is 1. The number of hydrogen-bond donors (Lipinski definition) is 1. The van der Waals surface area contributed by atoms with Crippen molar-refractivity contribution in [2.45, 2.75) is 57.5 Å². The van der Waals surface area contributed by atoms with E-state index in [-0.39, 0.29) is 11.9 Å². The largest absolute Gasteiger partial charge is 0.465 e. The molecule has 1 amide bonds. The maximum atomic E-state index is 13.7. The van der Waals surface area contributed by atoms with Crippen molar-refractivity contribution in [1.82, 2.24) is 19.4 Å². The Morgan fingerprint density at radius 2 is 1.74 bits per heavy atom. The van der Waals surface area contributed by atoms with Gasteiger partial charge in [-0.1, -0.05) is 43.5 Å². The first-order chi connectivity index (χ1) is 19.2. The third-order valence-corrected chi connectivity index (χ3v) is 9.11. The molecule has 0 unspecified atom stereocenters. The zero-order valence-corrected chi connectivity index (χ0v) is 22.7. The van der Waals surface area contributed by atoms with Gasteiger partial charge in [-0.25, -0.2) is 4.79 Å². The second-order valence-electron chi connectivity index (χ2n) is 11.3. The molecule has 2 aliphatic heterocycles. The summed E-state index contributed by atoms with van der Waals surface area (Å²) in [6, 6.07) is 12.6. The van der Waals surface area contributed by atoms with Crippen molar-refractivity contribution in [3.8, 4) is 11.3 Å². The summed E-state index contributed by atoms with van der Waals surface area (Å²) in [4.78, 5) is 28.2. The minimum atomic E-state index is -0.301. The number of piperazine rings is 1. The van der Waals surface area contributed by atoms with Crippen molar-refractivity contribution < 1.29 is 14.3 Å². The topological polar surface area (TPSA) is 68.5 Å². The van der Waals surface area contributed by atoms with Crippen LogP contribution in [0.5, 0.6) is 0 Å². The molecule has 4 heterocycles. The van der Waals surface area contributed by atoms with Gasteiger partial charge in [-0.05, 0) is 42.9 Å². The average Bonchev–Trinajstić information content (AvgIpc) is 3.51. The first-order valence-corrected chi connectivity index (χ1v) is 14.5. The van der Waals surface area contributed by atoms with E-state index in [1.807, 2.05) is 17.0 Å². The van der Waals surface area contributed by atoms with Gasteiger partial charge < -0.3 is 24.1 Å². The Morgan fingerprint density at radius 3 is 2.54 bits per heavy atom. The molecular weight excluding hydrogens is 488 g/mol. The van der Waals surface area contributed by atoms with Crippen LogP contribution in [0.25, 0.3) is 33.1 Å². The molecule has 2 aromatic heterocycles. The molecule has 7 nitrogen and oxygen atoms in total. The summed E-state index contributed by atoms with van der Waals surface area (Å²) in [5.74, 6) is 0.318. The number of aromatic nitrogens is 2. The number of aryl methyl sites for hydroxylation is 2. The van der Waals surface area contributed by atoms with Gasteiger partial charge in [0.25, 0.3) is 5.91 Å². The van der Waals surface area contributed by atoms with E-state index >= 15 is 0 Å². The van der Waals surface area contributed by atoms with Crippen LogP contribution in [0.3, 0.4) is 0 Å². The van der Waals surface area contributed by atoms with Gasteiger partial charge in [0.2, 0.25) is 0 Å². The number of nitrogens with one attached hydrogen (secondary N) is 1. The predicted octanol–water partition coefficient (Wildman–Crippen LogP) is 5.55. The molecule has 1 saturated heterocycles. The number of nitrogens with zero attached hydrogens (tertiary/aromatic N) is 3. The van der Waals surface area contributed by atoms with Gasteiger partial charge >= 0.3 is 5.97 Å². The molecule has 1 aliphatic carbocycles. The molecule has 39 heavy (non-hydrogen) atoms. The third-order valence-electron chi connectivity index (χ3n) is 9.11. The van der Waals surface area contributed by atoms with Gasteiger partial charge in [-0.15, -0.1) is 0 Å². The summed E-state index contributed by atoms with van der Waals surface area (Å²) in [7, 11) is 1.44. The molecule has 202 valence electrons. The molecule has 3 aliphatic rings. The van der Waals surface area contributed by atoms with E-state index in [9.17, 15) is 9.59 Å². The Balaban J connectivity index is 1.48. The summed E-state index contributed by atoms with van der Waals surface area (Å²) >= 11 is 0. The molecule has 0 bridgehead atoms. The first-order valence-electron chi connectivity index (χ1n) is 14.5. The Labute approximate surface area is 228 Å². The molecule has 0 spiro atoms. The van der Waals surface area contributed by atoms with Crippen molar-refractivity contribution in [3.05, 3.63) is 59.3 Å². The lowest BCUT2D eigenvalue weighted by molar-refractivity contribution is 0.0600. The van der Waals surface area contributed by atoms with Crippen LogP contribution in [0.1, 0.15) is 70.7 Å². The predicted molar refractivity (Wildman–Crippen MR) is 153 cm³/mol. The summed E-state index contributed by atoms with van der Waals surface area (Å²) in [6.07, 6.45) is 9.23. The highest BCUT2D eigenvalue weighted by molar-refractivity contribution is 6.11. The number of rotatable bonds is 3. The van der Waals surface area contributed by atoms with Crippen LogP contribution < -0.4 is 5.32 Å². The van der Waals surface area contributed by atoms with Gasteiger partial charge in [0.05, 0.1) is 29.4 Å². The maximum Gasteiger partial charge on any atom is 0.337 e. The molecule has 1 saturated carbocycles. The molecule has 2 fully saturated rings. The molecule has 7 rings (SSSR count). The number of benzene rings is 2. The van der Waals surface area contributed by atoms with Crippen LogP contribution in [-0.4, -0.2) is 59.2 Å².